The van der Waals surface area contributed by atoms with Crippen molar-refractivity contribution in [2.75, 3.05) is 46.2 Å². The van der Waals surface area contributed by atoms with Gasteiger partial charge in [0.2, 0.25) is 11.9 Å². The molecule has 276 valence electrons. The Kier molecular flexibility index (Phi) is 12.3. The number of ether oxygens (including phenoxy) is 3. The van der Waals surface area contributed by atoms with Crippen molar-refractivity contribution in [3.05, 3.63) is 77.9 Å². The third kappa shape index (κ3) is 8.92. The second-order valence-electron chi connectivity index (χ2n) is 10.1. The Balaban J connectivity index is 1.66. The van der Waals surface area contributed by atoms with Crippen LogP contribution in [0.4, 0.5) is 34.6 Å². The average molecular weight is 768 g/mol. The summed E-state index contributed by atoms with van der Waals surface area (Å²) in [5.41, 5.74) is 0.795. The number of aromatic nitrogens is 3. The van der Waals surface area contributed by atoms with Crippen LogP contribution in [0.15, 0.2) is 86.7 Å². The van der Waals surface area contributed by atoms with Crippen LogP contribution in [0.5, 0.6) is 11.8 Å². The molecule has 0 atom stereocenters. The molecule has 21 heteroatoms. The predicted molar refractivity (Wildman–Crippen MR) is 188 cm³/mol. The van der Waals surface area contributed by atoms with Crippen LogP contribution in [-0.4, -0.2) is 76.0 Å². The fraction of sp³-hybridized carbons (Fsp3) is 0.156. The fourth-order valence-corrected chi connectivity index (χ4v) is 5.88. The van der Waals surface area contributed by atoms with E-state index >= 15 is 0 Å². The van der Waals surface area contributed by atoms with E-state index in [0.29, 0.717) is 23.3 Å². The van der Waals surface area contributed by atoms with Crippen molar-refractivity contribution in [2.45, 2.75) is 9.79 Å². The highest BCUT2D eigenvalue weighted by atomic mass is 32.2. The van der Waals surface area contributed by atoms with Gasteiger partial charge in [0.25, 0.3) is 10.1 Å². The lowest BCUT2D eigenvalue weighted by Crippen LogP contribution is -2.08. The molecule has 5 aromatic rings. The van der Waals surface area contributed by atoms with Gasteiger partial charge in [-0.05, 0) is 60.0 Å². The number of azo groups is 1. The first-order valence-electron chi connectivity index (χ1n) is 14.8. The Hall–Kier alpha value is -5.97. The molecule has 1 aromatic heterocycles. The van der Waals surface area contributed by atoms with Crippen molar-refractivity contribution >= 4 is 79.5 Å². The lowest BCUT2D eigenvalue weighted by Gasteiger charge is -2.16. The van der Waals surface area contributed by atoms with E-state index < -0.39 is 27.8 Å². The van der Waals surface area contributed by atoms with Crippen molar-refractivity contribution in [3.63, 3.8) is 0 Å². The first kappa shape index (κ1) is 38.3. The molecule has 0 fully saturated rings. The molecule has 0 saturated carbocycles. The van der Waals surface area contributed by atoms with Crippen molar-refractivity contribution in [2.24, 2.45) is 10.2 Å². The number of carbonyl (C=O) groups excluding carboxylic acids is 2. The topological polar surface area (TPSA) is 241 Å². The molecule has 0 bridgehead atoms. The van der Waals surface area contributed by atoms with Gasteiger partial charge in [0, 0.05) is 11.1 Å². The molecule has 0 radical (unpaired) electrons. The van der Waals surface area contributed by atoms with Gasteiger partial charge in [-0.2, -0.15) is 23.4 Å². The molecule has 0 saturated heterocycles. The lowest BCUT2D eigenvalue weighted by atomic mass is 10.1. The zero-order valence-corrected chi connectivity index (χ0v) is 30.0. The predicted octanol–water partition coefficient (Wildman–Crippen LogP) is 6.07. The quantitative estimate of drug-likeness (QED) is 0.0208. The number of nitrogens with zero attached hydrogens (tertiary/aromatic N) is 5. The minimum atomic E-state index is -4.31. The number of benzene rings is 4. The molecule has 0 spiro atoms. The summed E-state index contributed by atoms with van der Waals surface area (Å²) in [6.45, 7) is 0. The molecule has 19 nitrogen and oxygen atoms in total. The number of methoxy groups -OCH3 is 3. The third-order valence-corrected chi connectivity index (χ3v) is 8.89. The van der Waals surface area contributed by atoms with Crippen LogP contribution in [0.1, 0.15) is 20.7 Å². The van der Waals surface area contributed by atoms with Gasteiger partial charge in [-0.25, -0.2) is 14.5 Å². The molecular weight excluding hydrogens is 739 g/mol. The highest BCUT2D eigenvalue weighted by Gasteiger charge is 2.24. The molecule has 53 heavy (non-hydrogen) atoms. The highest BCUT2D eigenvalue weighted by molar-refractivity contribution is 7.94. The van der Waals surface area contributed by atoms with E-state index in [2.05, 4.69) is 45.7 Å². The van der Waals surface area contributed by atoms with E-state index in [0.717, 1.165) is 7.11 Å². The van der Waals surface area contributed by atoms with Gasteiger partial charge >= 0.3 is 17.9 Å². The number of aromatic hydroxyl groups is 1. The number of rotatable bonds is 15. The summed E-state index contributed by atoms with van der Waals surface area (Å²) in [5.74, 6) is -1.86. The van der Waals surface area contributed by atoms with Crippen molar-refractivity contribution in [1.29, 1.82) is 0 Å². The molecule has 0 amide bonds. The van der Waals surface area contributed by atoms with Crippen LogP contribution in [-0.2, 0) is 38.0 Å². The van der Waals surface area contributed by atoms with Gasteiger partial charge in [0.15, 0.2) is 5.75 Å². The van der Waals surface area contributed by atoms with Crippen LogP contribution >= 0.6 is 12.0 Å². The first-order chi connectivity index (χ1) is 25.5. The Morgan fingerprint density at radius 3 is 2.19 bits per heavy atom. The van der Waals surface area contributed by atoms with Gasteiger partial charge < -0.3 is 30.0 Å². The SMILES string of the molecule is COOOSc1cc2cc(S(=O)(=O)OC)cc(Nc3nc(Nc4ccc(C(=O)OC)cc4)nc(OC)n3)c2c(O)c1N=Nc1ccccc1C(=O)OC. The maximum absolute atomic E-state index is 13.0. The Labute approximate surface area is 305 Å². The Morgan fingerprint density at radius 1 is 0.830 bits per heavy atom. The maximum Gasteiger partial charge on any atom is 0.340 e. The number of phenols is 1. The molecule has 4 aromatic carbocycles. The van der Waals surface area contributed by atoms with Crippen molar-refractivity contribution in [1.82, 2.24) is 15.0 Å². The number of nitrogens with one attached hydrogen (secondary N) is 2. The Morgan fingerprint density at radius 2 is 1.53 bits per heavy atom. The molecule has 5 rings (SSSR count). The number of fused-ring (bicyclic) bond motifs is 1. The van der Waals surface area contributed by atoms with Gasteiger partial charge in [-0.1, -0.05) is 17.2 Å². The summed E-state index contributed by atoms with van der Waals surface area (Å²) < 4.78 is 50.5. The number of hydrogen-bond donors (Lipinski definition) is 3. The minimum Gasteiger partial charge on any atom is -0.505 e. The van der Waals surface area contributed by atoms with Gasteiger partial charge in [0.05, 0.1) is 74.2 Å². The molecule has 0 aliphatic rings. The Bertz CT molecular complexity index is 2290. The maximum atomic E-state index is 13.0. The van der Waals surface area contributed by atoms with Crippen molar-refractivity contribution in [3.8, 4) is 11.8 Å². The normalized spacial score (nSPS) is 11.4. The zero-order chi connectivity index (χ0) is 38.1. The third-order valence-electron chi connectivity index (χ3n) is 7.02. The minimum absolute atomic E-state index is 0.00731. The van der Waals surface area contributed by atoms with E-state index in [4.69, 9.17) is 22.7 Å². The molecule has 0 aliphatic carbocycles. The van der Waals surface area contributed by atoms with E-state index in [1.807, 2.05) is 0 Å². The van der Waals surface area contributed by atoms with Crippen LogP contribution in [0, 0.1) is 0 Å². The molecule has 3 N–H and O–H groups in total. The number of anilines is 4. The van der Waals surface area contributed by atoms with Crippen LogP contribution in [0.25, 0.3) is 10.8 Å². The summed E-state index contributed by atoms with van der Waals surface area (Å²) in [6, 6.07) is 16.2. The van der Waals surface area contributed by atoms with Crippen molar-refractivity contribution < 1.29 is 55.8 Å². The van der Waals surface area contributed by atoms with Gasteiger partial charge in [-0.3, -0.25) is 4.18 Å². The summed E-state index contributed by atoms with van der Waals surface area (Å²) in [5, 5.41) is 30.8. The number of hydrogen-bond acceptors (Lipinski definition) is 20. The summed E-state index contributed by atoms with van der Waals surface area (Å²) in [4.78, 5) is 41.3. The zero-order valence-electron chi connectivity index (χ0n) is 28.3. The fourth-order valence-electron chi connectivity index (χ4n) is 4.60. The lowest BCUT2D eigenvalue weighted by molar-refractivity contribution is -0.447. The highest BCUT2D eigenvalue weighted by Crippen LogP contribution is 2.47. The van der Waals surface area contributed by atoms with E-state index in [-0.39, 0.29) is 61.1 Å². The summed E-state index contributed by atoms with van der Waals surface area (Å²) in [7, 11) is 1.68. The van der Waals surface area contributed by atoms with Gasteiger partial charge in [0.1, 0.15) is 11.4 Å². The average Bonchev–Trinajstić information content (AvgIpc) is 3.17. The number of esters is 2. The second kappa shape index (κ2) is 17.0. The summed E-state index contributed by atoms with van der Waals surface area (Å²) in [6.07, 6.45) is 0. The van der Waals surface area contributed by atoms with E-state index in [1.165, 1.54) is 70.9 Å². The van der Waals surface area contributed by atoms with E-state index in [9.17, 15) is 23.1 Å². The molecule has 0 unspecified atom stereocenters. The first-order valence-corrected chi connectivity index (χ1v) is 17.0. The second-order valence-corrected chi connectivity index (χ2v) is 12.6. The molecule has 1 heterocycles. The smallest absolute Gasteiger partial charge is 0.340 e. The summed E-state index contributed by atoms with van der Waals surface area (Å²) >= 11 is 0.554. The number of carbonyl (C=O) groups is 2. The number of phenolic OH excluding ortho intramolecular Hbond substituents is 1. The standard InChI is InChI=1S/C32H29N7O12S2/c1-45-28(41)17-10-12-19(13-11-17)33-30-35-31(37-32(36-30)47-3)34-23-16-20(53(43,44)49-5)14-18-15-24(52-51-50-48-4)26(27(40)25(18)23)39-38-22-9-7-6-8-21(22)29(42)46-2/h6-16,40H,1-5H3,(H2,33,34,35,36,37). The van der Waals surface area contributed by atoms with Crippen LogP contribution < -0.4 is 15.4 Å². The van der Waals surface area contributed by atoms with E-state index in [1.54, 1.807) is 24.3 Å². The largest absolute Gasteiger partial charge is 0.505 e. The monoisotopic (exact) mass is 767 g/mol. The molecular formula is C32H29N7O12S2. The molecule has 0 aliphatic heterocycles. The van der Waals surface area contributed by atoms with Crippen LogP contribution in [0.3, 0.4) is 0 Å². The van der Waals surface area contributed by atoms with Gasteiger partial charge in [-0.15, -0.1) is 14.6 Å². The van der Waals surface area contributed by atoms with Crippen LogP contribution in [0.2, 0.25) is 0 Å².